The van der Waals surface area contributed by atoms with Gasteiger partial charge in [-0.05, 0) is 50.1 Å². The van der Waals surface area contributed by atoms with Gasteiger partial charge >= 0.3 is 0 Å². The Morgan fingerprint density at radius 3 is 2.83 bits per heavy atom. The number of piperidine rings is 1. The number of carbonyl (C=O) groups is 1. The fourth-order valence-electron chi connectivity index (χ4n) is 2.96. The Kier molecular flexibility index (Phi) is 5.36. The third-order valence-corrected chi connectivity index (χ3v) is 4.48. The van der Waals surface area contributed by atoms with Gasteiger partial charge in [0.1, 0.15) is 0 Å². The van der Waals surface area contributed by atoms with Crippen LogP contribution < -0.4 is 4.74 Å². The number of aromatic nitrogens is 1. The number of benzene rings is 1. The van der Waals surface area contributed by atoms with Gasteiger partial charge < -0.3 is 9.64 Å². The van der Waals surface area contributed by atoms with Gasteiger partial charge in [-0.15, -0.1) is 0 Å². The van der Waals surface area contributed by atoms with E-state index in [0.29, 0.717) is 35.5 Å². The van der Waals surface area contributed by atoms with E-state index in [2.05, 4.69) is 4.98 Å². The maximum absolute atomic E-state index is 12.6. The third-order valence-electron chi connectivity index (χ3n) is 4.23. The molecule has 0 bridgehead atoms. The number of likely N-dealkylation sites (tertiary alicyclic amines) is 1. The van der Waals surface area contributed by atoms with Crippen LogP contribution >= 0.6 is 11.6 Å². The van der Waals surface area contributed by atoms with Gasteiger partial charge in [0, 0.05) is 41.4 Å². The fourth-order valence-corrected chi connectivity index (χ4v) is 3.09. The van der Waals surface area contributed by atoms with Gasteiger partial charge in [0.2, 0.25) is 5.88 Å². The van der Waals surface area contributed by atoms with E-state index in [-0.39, 0.29) is 5.91 Å². The molecule has 3 rings (SSSR count). The highest BCUT2D eigenvalue weighted by atomic mass is 35.5. The van der Waals surface area contributed by atoms with Gasteiger partial charge in [-0.25, -0.2) is 4.98 Å². The maximum atomic E-state index is 12.6. The largest absolute Gasteiger partial charge is 0.477 e. The first-order valence-corrected chi connectivity index (χ1v) is 8.61. The van der Waals surface area contributed by atoms with Crippen LogP contribution in [0.3, 0.4) is 0 Å². The van der Waals surface area contributed by atoms with Crippen molar-refractivity contribution in [2.45, 2.75) is 19.8 Å². The fraction of sp³-hybridized carbons (Fsp3) is 0.368. The Hall–Kier alpha value is -2.07. The van der Waals surface area contributed by atoms with Crippen molar-refractivity contribution in [2.75, 3.05) is 19.7 Å². The average Bonchev–Trinajstić information content (AvgIpc) is 2.60. The number of hydrogen-bond donors (Lipinski definition) is 0. The van der Waals surface area contributed by atoms with Crippen LogP contribution in [0.1, 0.15) is 28.9 Å². The van der Waals surface area contributed by atoms with Crippen LogP contribution in [0, 0.1) is 12.8 Å². The highest BCUT2D eigenvalue weighted by molar-refractivity contribution is 6.30. The molecule has 5 heteroatoms. The van der Waals surface area contributed by atoms with Crippen LogP contribution in [-0.2, 0) is 0 Å². The smallest absolute Gasteiger partial charge is 0.253 e. The van der Waals surface area contributed by atoms with Crippen LogP contribution in [0.2, 0.25) is 5.02 Å². The molecule has 4 nitrogen and oxygen atoms in total. The maximum Gasteiger partial charge on any atom is 0.253 e. The third kappa shape index (κ3) is 4.26. The van der Waals surface area contributed by atoms with Gasteiger partial charge in [-0.2, -0.15) is 0 Å². The lowest BCUT2D eigenvalue weighted by Crippen LogP contribution is -2.41. The number of aryl methyl sites for hydroxylation is 1. The van der Waals surface area contributed by atoms with Gasteiger partial charge in [0.05, 0.1) is 6.61 Å². The summed E-state index contributed by atoms with van der Waals surface area (Å²) in [7, 11) is 0. The topological polar surface area (TPSA) is 42.4 Å². The first kappa shape index (κ1) is 16.8. The highest BCUT2D eigenvalue weighted by Gasteiger charge is 2.25. The Bertz CT molecular complexity index is 703. The predicted octanol–water partition coefficient (Wildman–Crippen LogP) is 3.97. The van der Waals surface area contributed by atoms with Crippen LogP contribution in [0.25, 0.3) is 0 Å². The van der Waals surface area contributed by atoms with E-state index < -0.39 is 0 Å². The van der Waals surface area contributed by atoms with Crippen molar-refractivity contribution in [1.29, 1.82) is 0 Å². The van der Waals surface area contributed by atoms with Gasteiger partial charge in [-0.3, -0.25) is 4.79 Å². The zero-order chi connectivity index (χ0) is 16.9. The molecule has 1 aliphatic rings. The van der Waals surface area contributed by atoms with Gasteiger partial charge in [0.25, 0.3) is 5.91 Å². The number of hydrogen-bond acceptors (Lipinski definition) is 3. The Labute approximate surface area is 147 Å². The minimum absolute atomic E-state index is 0.0602. The second-order valence-corrected chi connectivity index (χ2v) is 6.63. The van der Waals surface area contributed by atoms with Crippen molar-refractivity contribution >= 4 is 17.5 Å². The molecule has 0 N–H and O–H groups in total. The average molecular weight is 345 g/mol. The molecule has 1 aliphatic heterocycles. The Morgan fingerprint density at radius 2 is 2.08 bits per heavy atom. The summed E-state index contributed by atoms with van der Waals surface area (Å²) in [5.41, 5.74) is 1.62. The molecule has 2 aromatic rings. The Morgan fingerprint density at radius 1 is 1.29 bits per heavy atom. The molecule has 0 aliphatic carbocycles. The SMILES string of the molecule is Cc1cccc(OCC2CCCN(C(=O)c3ccc(Cl)cc3)C2)n1. The normalized spacial score (nSPS) is 17.6. The van der Waals surface area contributed by atoms with Crippen LogP contribution in [-0.4, -0.2) is 35.5 Å². The number of ether oxygens (including phenoxy) is 1. The number of pyridine rings is 1. The van der Waals surface area contributed by atoms with Crippen molar-refractivity contribution in [2.24, 2.45) is 5.92 Å². The molecule has 24 heavy (non-hydrogen) atoms. The molecule has 0 saturated carbocycles. The van der Waals surface area contributed by atoms with E-state index in [4.69, 9.17) is 16.3 Å². The van der Waals surface area contributed by atoms with Gasteiger partial charge in [-0.1, -0.05) is 17.7 Å². The lowest BCUT2D eigenvalue weighted by molar-refractivity contribution is 0.0631. The molecule has 126 valence electrons. The van der Waals surface area contributed by atoms with E-state index in [9.17, 15) is 4.79 Å². The number of halogens is 1. The second-order valence-electron chi connectivity index (χ2n) is 6.19. The molecule has 1 aromatic carbocycles. The number of carbonyl (C=O) groups excluding carboxylic acids is 1. The van der Waals surface area contributed by atoms with E-state index in [1.54, 1.807) is 24.3 Å². The molecule has 1 unspecified atom stereocenters. The second kappa shape index (κ2) is 7.67. The van der Waals surface area contributed by atoms with E-state index in [1.165, 1.54) is 0 Å². The van der Waals surface area contributed by atoms with Crippen molar-refractivity contribution in [3.63, 3.8) is 0 Å². The predicted molar refractivity (Wildman–Crippen MR) is 94.5 cm³/mol. The molecule has 0 spiro atoms. The molecular weight excluding hydrogens is 324 g/mol. The number of rotatable bonds is 4. The molecule has 1 fully saturated rings. The van der Waals surface area contributed by atoms with Crippen molar-refractivity contribution in [3.8, 4) is 5.88 Å². The van der Waals surface area contributed by atoms with Crippen LogP contribution in [0.4, 0.5) is 0 Å². The van der Waals surface area contributed by atoms with Crippen molar-refractivity contribution in [3.05, 3.63) is 58.7 Å². The summed E-state index contributed by atoms with van der Waals surface area (Å²) < 4.78 is 5.81. The molecule has 0 radical (unpaired) electrons. The molecule has 2 heterocycles. The zero-order valence-electron chi connectivity index (χ0n) is 13.7. The highest BCUT2D eigenvalue weighted by Crippen LogP contribution is 2.20. The van der Waals surface area contributed by atoms with Crippen LogP contribution in [0.15, 0.2) is 42.5 Å². The van der Waals surface area contributed by atoms with E-state index in [1.807, 2.05) is 30.0 Å². The summed E-state index contributed by atoms with van der Waals surface area (Å²) in [6.07, 6.45) is 2.06. The molecule has 1 atom stereocenters. The van der Waals surface area contributed by atoms with Crippen molar-refractivity contribution in [1.82, 2.24) is 9.88 Å². The molecule has 1 aromatic heterocycles. The van der Waals surface area contributed by atoms with E-state index in [0.717, 1.165) is 25.1 Å². The monoisotopic (exact) mass is 344 g/mol. The zero-order valence-corrected chi connectivity index (χ0v) is 14.5. The minimum Gasteiger partial charge on any atom is -0.477 e. The van der Waals surface area contributed by atoms with Gasteiger partial charge in [0.15, 0.2) is 0 Å². The summed E-state index contributed by atoms with van der Waals surface area (Å²) in [5.74, 6) is 1.04. The first-order valence-electron chi connectivity index (χ1n) is 8.23. The molecule has 1 saturated heterocycles. The number of nitrogens with zero attached hydrogens (tertiary/aromatic N) is 2. The minimum atomic E-state index is 0.0602. The quantitative estimate of drug-likeness (QED) is 0.842. The lowest BCUT2D eigenvalue weighted by Gasteiger charge is -2.32. The summed E-state index contributed by atoms with van der Waals surface area (Å²) in [4.78, 5) is 18.9. The van der Waals surface area contributed by atoms with Crippen molar-refractivity contribution < 1.29 is 9.53 Å². The summed E-state index contributed by atoms with van der Waals surface area (Å²) in [6.45, 7) is 4.04. The summed E-state index contributed by atoms with van der Waals surface area (Å²) in [5, 5.41) is 0.641. The first-order chi connectivity index (χ1) is 11.6. The molecular formula is C19H21ClN2O2. The standard InChI is InChI=1S/C19H21ClN2O2/c1-14-4-2-6-18(21-14)24-13-15-5-3-11-22(12-15)19(23)16-7-9-17(20)10-8-16/h2,4,6-10,15H,3,5,11-13H2,1H3. The number of amides is 1. The molecule has 1 amide bonds. The van der Waals surface area contributed by atoms with Crippen LogP contribution in [0.5, 0.6) is 5.88 Å². The summed E-state index contributed by atoms with van der Waals surface area (Å²) in [6, 6.07) is 12.8. The van der Waals surface area contributed by atoms with E-state index >= 15 is 0 Å². The Balaban J connectivity index is 1.57. The summed E-state index contributed by atoms with van der Waals surface area (Å²) >= 11 is 5.89. The lowest BCUT2D eigenvalue weighted by atomic mass is 9.98.